The van der Waals surface area contributed by atoms with Gasteiger partial charge in [0.15, 0.2) is 0 Å². The molecule has 0 atom stereocenters. The summed E-state index contributed by atoms with van der Waals surface area (Å²) in [5, 5.41) is 6.08. The van der Waals surface area contributed by atoms with Crippen molar-refractivity contribution in [3.8, 4) is 5.75 Å². The van der Waals surface area contributed by atoms with E-state index in [1.54, 1.807) is 35.3 Å². The molecule has 1 aliphatic heterocycles. The number of aromatic nitrogens is 3. The van der Waals surface area contributed by atoms with Crippen LogP contribution in [-0.4, -0.2) is 64.4 Å². The van der Waals surface area contributed by atoms with Crippen LogP contribution in [0.3, 0.4) is 0 Å². The Bertz CT molecular complexity index is 1750. The molecule has 3 heterocycles. The molecule has 0 bridgehead atoms. The molecule has 0 saturated carbocycles. The molecule has 2 aromatic carbocycles. The number of fused-ring (bicyclic) bond motifs is 2. The Morgan fingerprint density at radius 1 is 0.935 bits per heavy atom. The van der Waals surface area contributed by atoms with Crippen LogP contribution in [0.2, 0.25) is 0 Å². The number of anilines is 2. The number of carbonyl (C=O) groups is 2. The smallest absolute Gasteiger partial charge is 0.258 e. The second-order valence-electron chi connectivity index (χ2n) is 11.9. The number of nitrogens with zero attached hydrogens (tertiary/aromatic N) is 6. The molecule has 5 rings (SSSR count). The molecule has 0 aliphatic carbocycles. The molecule has 0 radical (unpaired) electrons. The molecule has 0 saturated heterocycles. The Morgan fingerprint density at radius 3 is 2.37 bits per heavy atom. The molecular weight excluding hydrogens is 627 g/mol. The number of amides is 2. The second kappa shape index (κ2) is 15.2. The zero-order valence-electron chi connectivity index (χ0n) is 27.4. The molecule has 248 valence electrons. The highest BCUT2D eigenvalue weighted by atomic mass is 35.5. The fraction of sp³-hybridized carbons (Fsp3) is 0.412. The van der Waals surface area contributed by atoms with Crippen LogP contribution in [-0.2, 0) is 29.7 Å². The minimum atomic E-state index is -1.15. The van der Waals surface area contributed by atoms with Crippen LogP contribution in [0.15, 0.2) is 65.7 Å². The van der Waals surface area contributed by atoms with Crippen LogP contribution in [0, 0.1) is 12.3 Å². The zero-order chi connectivity index (χ0) is 31.6. The Morgan fingerprint density at radius 2 is 1.67 bits per heavy atom. The average Bonchev–Trinajstić information content (AvgIpc) is 3.32. The fourth-order valence-electron chi connectivity index (χ4n) is 5.81. The first kappa shape index (κ1) is 36.6. The van der Waals surface area contributed by atoms with Crippen molar-refractivity contribution in [3.05, 3.63) is 82.5 Å². The molecule has 2 aromatic heterocycles. The number of rotatable bonds is 11. The normalized spacial score (nSPS) is 14.2. The number of hydrogen-bond donors (Lipinski definition) is 0. The van der Waals surface area contributed by atoms with Gasteiger partial charge >= 0.3 is 0 Å². The third-order valence-corrected chi connectivity index (χ3v) is 8.70. The highest BCUT2D eigenvalue weighted by molar-refractivity contribution is 6.20. The van der Waals surface area contributed by atoms with Gasteiger partial charge in [0.25, 0.3) is 5.56 Å². The first-order valence-corrected chi connectivity index (χ1v) is 15.2. The van der Waals surface area contributed by atoms with Crippen LogP contribution < -0.4 is 20.1 Å². The van der Waals surface area contributed by atoms with E-state index in [4.69, 9.17) is 4.74 Å². The Hall–Kier alpha value is -3.86. The summed E-state index contributed by atoms with van der Waals surface area (Å²) in [5.41, 5.74) is 2.48. The number of halogens is 2. The molecule has 0 fully saturated rings. The van der Waals surface area contributed by atoms with Crippen molar-refractivity contribution in [2.75, 3.05) is 43.1 Å². The van der Waals surface area contributed by atoms with Crippen LogP contribution >= 0.6 is 24.8 Å². The standard InChI is InChI=1S/C34H42N6O4.2ClH/c1-7-40-29-14-13-27(21-30(29)36(5)32(42)34(3,4)33(40)43)44-20-10-16-38(23-26-22-35-37(6)24(26)2)18-19-39-17-15-25-11-8-9-12-28(25)31(39)41;;/h8-9,11-15,17,21-22H,7,10,16,18-20,23H2,1-6H3;2*1H. The van der Waals surface area contributed by atoms with E-state index in [1.807, 2.05) is 79.6 Å². The van der Waals surface area contributed by atoms with E-state index in [2.05, 4.69) is 16.9 Å². The van der Waals surface area contributed by atoms with Crippen molar-refractivity contribution >= 4 is 58.8 Å². The Balaban J connectivity index is 0.00000288. The monoisotopic (exact) mass is 670 g/mol. The van der Waals surface area contributed by atoms with Crippen molar-refractivity contribution < 1.29 is 14.3 Å². The number of ether oxygens (including phenoxy) is 1. The summed E-state index contributed by atoms with van der Waals surface area (Å²) < 4.78 is 9.82. The molecule has 0 unspecified atom stereocenters. The highest BCUT2D eigenvalue weighted by Gasteiger charge is 2.45. The summed E-state index contributed by atoms with van der Waals surface area (Å²) in [6.07, 6.45) is 4.53. The van der Waals surface area contributed by atoms with Crippen LogP contribution in [0.25, 0.3) is 10.8 Å². The second-order valence-corrected chi connectivity index (χ2v) is 11.9. The maximum Gasteiger partial charge on any atom is 0.258 e. The van der Waals surface area contributed by atoms with Crippen LogP contribution in [0.4, 0.5) is 11.4 Å². The summed E-state index contributed by atoms with van der Waals surface area (Å²) in [7, 11) is 3.64. The van der Waals surface area contributed by atoms with E-state index in [9.17, 15) is 14.4 Å². The topological polar surface area (TPSA) is 92.9 Å². The first-order valence-electron chi connectivity index (χ1n) is 15.2. The van der Waals surface area contributed by atoms with Gasteiger partial charge in [-0.15, -0.1) is 24.8 Å². The third-order valence-electron chi connectivity index (χ3n) is 8.70. The van der Waals surface area contributed by atoms with Gasteiger partial charge in [0.05, 0.1) is 24.2 Å². The lowest BCUT2D eigenvalue weighted by molar-refractivity contribution is -0.137. The van der Waals surface area contributed by atoms with Gasteiger partial charge in [0.2, 0.25) is 11.8 Å². The van der Waals surface area contributed by atoms with E-state index in [-0.39, 0.29) is 42.2 Å². The molecule has 2 amide bonds. The lowest BCUT2D eigenvalue weighted by Crippen LogP contribution is -2.47. The van der Waals surface area contributed by atoms with E-state index < -0.39 is 5.41 Å². The lowest BCUT2D eigenvalue weighted by atomic mass is 9.90. The quantitative estimate of drug-likeness (QED) is 0.161. The SMILES string of the molecule is CCN1C(=O)C(C)(C)C(=O)N(C)c2cc(OCCCN(CCn3ccc4ccccc4c3=O)Cc3cnn(C)c3C)ccc21.Cl.Cl. The van der Waals surface area contributed by atoms with Gasteiger partial charge in [-0.3, -0.25) is 24.0 Å². The first-order chi connectivity index (χ1) is 21.0. The number of aryl methyl sites for hydroxylation is 1. The number of benzene rings is 2. The summed E-state index contributed by atoms with van der Waals surface area (Å²) in [4.78, 5) is 45.0. The van der Waals surface area contributed by atoms with Gasteiger partial charge in [-0.1, -0.05) is 18.2 Å². The number of hydrogen-bond acceptors (Lipinski definition) is 6. The Labute approximate surface area is 282 Å². The van der Waals surface area contributed by atoms with E-state index in [0.717, 1.165) is 35.0 Å². The van der Waals surface area contributed by atoms with Crippen molar-refractivity contribution in [3.63, 3.8) is 0 Å². The van der Waals surface area contributed by atoms with Crippen molar-refractivity contribution in [1.29, 1.82) is 0 Å². The minimum Gasteiger partial charge on any atom is -0.493 e. The lowest BCUT2D eigenvalue weighted by Gasteiger charge is -2.27. The molecule has 12 heteroatoms. The van der Waals surface area contributed by atoms with Crippen LogP contribution in [0.5, 0.6) is 5.75 Å². The molecular formula is C34H44Cl2N6O4. The molecule has 0 spiro atoms. The average molecular weight is 672 g/mol. The van der Waals surface area contributed by atoms with Crippen molar-refractivity contribution in [2.24, 2.45) is 12.5 Å². The molecule has 0 N–H and O–H groups in total. The predicted molar refractivity (Wildman–Crippen MR) is 188 cm³/mol. The summed E-state index contributed by atoms with van der Waals surface area (Å²) >= 11 is 0. The molecule has 1 aliphatic rings. The van der Waals surface area contributed by atoms with E-state index in [0.29, 0.717) is 49.9 Å². The van der Waals surface area contributed by atoms with Gasteiger partial charge in [0.1, 0.15) is 11.2 Å². The van der Waals surface area contributed by atoms with E-state index in [1.165, 1.54) is 0 Å². The Kier molecular flexibility index (Phi) is 12.1. The van der Waals surface area contributed by atoms with Gasteiger partial charge in [-0.2, -0.15) is 5.10 Å². The zero-order valence-corrected chi connectivity index (χ0v) is 29.0. The maximum atomic E-state index is 13.2. The fourth-order valence-corrected chi connectivity index (χ4v) is 5.81. The molecule has 4 aromatic rings. The van der Waals surface area contributed by atoms with Crippen LogP contribution in [0.1, 0.15) is 38.4 Å². The van der Waals surface area contributed by atoms with E-state index >= 15 is 0 Å². The van der Waals surface area contributed by atoms with Gasteiger partial charge in [-0.05, 0) is 63.8 Å². The summed E-state index contributed by atoms with van der Waals surface area (Å²) in [6, 6.07) is 15.2. The maximum absolute atomic E-state index is 13.2. The summed E-state index contributed by atoms with van der Waals surface area (Å²) in [5.74, 6) is 0.187. The van der Waals surface area contributed by atoms with Gasteiger partial charge in [0, 0.05) is 75.7 Å². The van der Waals surface area contributed by atoms with Gasteiger partial charge < -0.3 is 19.1 Å². The highest BCUT2D eigenvalue weighted by Crippen LogP contribution is 2.40. The number of pyridine rings is 1. The van der Waals surface area contributed by atoms with Gasteiger partial charge in [-0.25, -0.2) is 0 Å². The van der Waals surface area contributed by atoms with Crippen molar-refractivity contribution in [2.45, 2.75) is 47.2 Å². The predicted octanol–water partition coefficient (Wildman–Crippen LogP) is 5.21. The molecule has 10 nitrogen and oxygen atoms in total. The number of carbonyl (C=O) groups excluding carboxylic acids is 2. The minimum absolute atomic E-state index is 0. The van der Waals surface area contributed by atoms with Crippen molar-refractivity contribution in [1.82, 2.24) is 19.2 Å². The third kappa shape index (κ3) is 7.24. The molecule has 46 heavy (non-hydrogen) atoms. The largest absolute Gasteiger partial charge is 0.493 e. The summed E-state index contributed by atoms with van der Waals surface area (Å²) in [6.45, 7) is 11.0.